The zero-order chi connectivity index (χ0) is 35.8. The first-order valence-corrected chi connectivity index (χ1v) is 20.6. The third-order valence-electron chi connectivity index (χ3n) is 10.7. The average molecular weight is 730 g/mol. The minimum absolute atomic E-state index is 0.778. The fourth-order valence-corrected chi connectivity index (χ4v) is 12.4. The van der Waals surface area contributed by atoms with E-state index in [1.165, 1.54) is 42.0 Å². The van der Waals surface area contributed by atoms with Gasteiger partial charge in [-0.05, 0) is 102 Å². The Kier molecular flexibility index (Phi) is 6.97. The molecule has 0 radical (unpaired) electrons. The Hall–Kier alpha value is -6.39. The summed E-state index contributed by atoms with van der Waals surface area (Å²) in [5, 5.41) is 5.77. The number of thiophene rings is 1. The Morgan fingerprint density at radius 3 is 1.54 bits per heavy atom. The van der Waals surface area contributed by atoms with Crippen molar-refractivity contribution in [3.63, 3.8) is 0 Å². The number of rotatable bonds is 5. The fraction of sp³-hybridized carbons (Fsp3) is 0. The molecule has 0 saturated heterocycles. The predicted octanol–water partition coefficient (Wildman–Crippen LogP) is 13.6. The van der Waals surface area contributed by atoms with Crippen LogP contribution in [-0.2, 0) is 4.57 Å². The first-order chi connectivity index (χ1) is 26.7. The van der Waals surface area contributed by atoms with Gasteiger partial charge in [0.25, 0.3) is 0 Å². The van der Waals surface area contributed by atoms with Crippen molar-refractivity contribution in [2.75, 3.05) is 9.34 Å². The summed E-state index contributed by atoms with van der Waals surface area (Å²) >= 11 is 1.83. The van der Waals surface area contributed by atoms with E-state index in [9.17, 15) is 0 Å². The van der Waals surface area contributed by atoms with E-state index in [4.69, 9.17) is 0 Å². The lowest BCUT2D eigenvalue weighted by atomic mass is 10.0. The minimum atomic E-state index is -3.44. The third kappa shape index (κ3) is 4.59. The van der Waals surface area contributed by atoms with E-state index in [0.717, 1.165) is 44.9 Å². The molecule has 8 aromatic carbocycles. The lowest BCUT2D eigenvalue weighted by Gasteiger charge is -2.33. The van der Waals surface area contributed by atoms with E-state index in [2.05, 4.69) is 129 Å². The summed E-state index contributed by atoms with van der Waals surface area (Å²) in [6.45, 7) is 0. The molecule has 0 bridgehead atoms. The number of fused-ring (bicyclic) bond motifs is 7. The number of para-hydroxylation sites is 4. The maximum absolute atomic E-state index is 16.0. The summed E-state index contributed by atoms with van der Waals surface area (Å²) in [4.78, 5) is 0. The third-order valence-corrected chi connectivity index (χ3v) is 14.8. The van der Waals surface area contributed by atoms with Crippen molar-refractivity contribution in [1.29, 1.82) is 0 Å². The van der Waals surface area contributed by atoms with E-state index in [1.54, 1.807) is 0 Å². The molecule has 3 heterocycles. The van der Waals surface area contributed by atoms with Crippen LogP contribution in [0, 0.1) is 0 Å². The lowest BCUT2D eigenvalue weighted by Crippen LogP contribution is -2.26. The number of anilines is 4. The summed E-state index contributed by atoms with van der Waals surface area (Å²) in [5.74, 6) is 0. The zero-order valence-corrected chi connectivity index (χ0v) is 30.8. The topological polar surface area (TPSA) is 28.5 Å². The van der Waals surface area contributed by atoms with E-state index < -0.39 is 7.44 Å². The number of hydrogen-bond acceptors (Lipinski definition) is 2. The standard InChI is InChI=1S/C48H32N3OPS/c52-53(38-18-8-3-9-19-38)50(35-14-4-1-5-15-35)45-27-24-34(31-46(45)51(53)36-16-6-2-7-17-36)33-25-28-47-41(30-33)42-32-37(26-29-48(42)54-47)49-43-22-12-10-20-39(43)40-21-11-13-23-44(40)49/h1-32H. The molecule has 1 atom stereocenters. The van der Waals surface area contributed by atoms with E-state index in [0.29, 0.717) is 0 Å². The molecule has 0 saturated carbocycles. The highest BCUT2D eigenvalue weighted by atomic mass is 32.1. The fourth-order valence-electron chi connectivity index (χ4n) is 8.30. The Morgan fingerprint density at radius 2 is 0.889 bits per heavy atom. The number of nitrogens with zero attached hydrogens (tertiary/aromatic N) is 3. The molecule has 0 spiro atoms. The van der Waals surface area contributed by atoms with Gasteiger partial charge in [0.1, 0.15) is 0 Å². The Labute approximate surface area is 316 Å². The molecule has 11 rings (SSSR count). The number of hydrogen-bond donors (Lipinski definition) is 0. The van der Waals surface area contributed by atoms with Crippen LogP contribution in [0.3, 0.4) is 0 Å². The van der Waals surface area contributed by atoms with Crippen LogP contribution >= 0.6 is 18.8 Å². The maximum atomic E-state index is 16.0. The van der Waals surface area contributed by atoms with Gasteiger partial charge in [-0.2, -0.15) is 0 Å². The lowest BCUT2D eigenvalue weighted by molar-refractivity contribution is 0.582. The Bertz CT molecular complexity index is 3050. The van der Waals surface area contributed by atoms with Gasteiger partial charge in [-0.3, -0.25) is 13.9 Å². The highest BCUT2D eigenvalue weighted by Crippen LogP contribution is 2.70. The SMILES string of the molecule is O=P1(c2ccccc2)N(c2ccccc2)c2ccc(-c3ccc4sc5ccc(-n6c7ccccc7c7ccccc76)cc5c4c3)cc2N1c1ccccc1. The van der Waals surface area contributed by atoms with Gasteiger partial charge in [0.15, 0.2) is 0 Å². The van der Waals surface area contributed by atoms with Crippen LogP contribution in [-0.4, -0.2) is 4.57 Å². The van der Waals surface area contributed by atoms with Crippen molar-refractivity contribution in [1.82, 2.24) is 4.57 Å². The smallest absolute Gasteiger partial charge is 0.301 e. The number of benzene rings is 8. The number of aromatic nitrogens is 1. The van der Waals surface area contributed by atoms with Gasteiger partial charge in [0, 0.05) is 48.0 Å². The van der Waals surface area contributed by atoms with Crippen LogP contribution < -0.4 is 14.6 Å². The van der Waals surface area contributed by atoms with Crippen molar-refractivity contribution >= 4 is 88.8 Å². The zero-order valence-electron chi connectivity index (χ0n) is 29.1. The minimum Gasteiger partial charge on any atom is -0.309 e. The van der Waals surface area contributed by atoms with Crippen LogP contribution in [0.1, 0.15) is 0 Å². The Morgan fingerprint density at radius 1 is 0.389 bits per heavy atom. The molecular weight excluding hydrogens is 698 g/mol. The molecule has 2 aromatic heterocycles. The van der Waals surface area contributed by atoms with E-state index in [1.807, 2.05) is 90.2 Å². The highest BCUT2D eigenvalue weighted by Gasteiger charge is 2.49. The predicted molar refractivity (Wildman–Crippen MR) is 230 cm³/mol. The molecule has 256 valence electrons. The Balaban J connectivity index is 1.10. The largest absolute Gasteiger partial charge is 0.309 e. The molecular formula is C48H32N3OPS. The summed E-state index contributed by atoms with van der Waals surface area (Å²) in [6.07, 6.45) is 0. The van der Waals surface area contributed by atoms with Gasteiger partial charge < -0.3 is 4.57 Å². The molecule has 6 heteroatoms. The molecule has 54 heavy (non-hydrogen) atoms. The van der Waals surface area contributed by atoms with Crippen LogP contribution in [0.15, 0.2) is 194 Å². The van der Waals surface area contributed by atoms with Gasteiger partial charge in [0.05, 0.1) is 27.7 Å². The summed E-state index contributed by atoms with van der Waals surface area (Å²) in [7, 11) is -3.44. The van der Waals surface area contributed by atoms with Gasteiger partial charge in [0.2, 0.25) is 0 Å². The van der Waals surface area contributed by atoms with Crippen LogP contribution in [0.2, 0.25) is 0 Å². The molecule has 1 unspecified atom stereocenters. The summed E-state index contributed by atoms with van der Waals surface area (Å²) < 4.78 is 25.0. The molecule has 1 aliphatic rings. The average Bonchev–Trinajstić information content (AvgIpc) is 3.86. The van der Waals surface area contributed by atoms with Crippen molar-refractivity contribution in [3.05, 3.63) is 194 Å². The molecule has 10 aromatic rings. The normalized spacial score (nSPS) is 15.5. The molecule has 1 aliphatic heterocycles. The summed E-state index contributed by atoms with van der Waals surface area (Å²) in [5.41, 5.74) is 9.36. The van der Waals surface area contributed by atoms with E-state index >= 15 is 4.57 Å². The molecule has 0 N–H and O–H groups in total. The van der Waals surface area contributed by atoms with Crippen molar-refractivity contribution in [3.8, 4) is 16.8 Å². The van der Waals surface area contributed by atoms with Crippen LogP contribution in [0.5, 0.6) is 0 Å². The van der Waals surface area contributed by atoms with Crippen LogP contribution in [0.25, 0.3) is 58.8 Å². The second kappa shape index (κ2) is 12.1. The first-order valence-electron chi connectivity index (χ1n) is 18.1. The van der Waals surface area contributed by atoms with Gasteiger partial charge in [-0.1, -0.05) is 103 Å². The van der Waals surface area contributed by atoms with Gasteiger partial charge in [-0.15, -0.1) is 11.3 Å². The second-order valence-electron chi connectivity index (χ2n) is 13.7. The second-order valence-corrected chi connectivity index (χ2v) is 17.2. The summed E-state index contributed by atoms with van der Waals surface area (Å²) in [6, 6.07) is 67.7. The molecule has 4 nitrogen and oxygen atoms in total. The van der Waals surface area contributed by atoms with Crippen molar-refractivity contribution in [2.24, 2.45) is 0 Å². The monoisotopic (exact) mass is 729 g/mol. The van der Waals surface area contributed by atoms with E-state index in [-0.39, 0.29) is 0 Å². The quantitative estimate of drug-likeness (QED) is 0.165. The highest BCUT2D eigenvalue weighted by molar-refractivity contribution is 7.76. The molecule has 0 amide bonds. The van der Waals surface area contributed by atoms with Crippen molar-refractivity contribution in [2.45, 2.75) is 0 Å². The van der Waals surface area contributed by atoms with Crippen LogP contribution in [0.4, 0.5) is 22.7 Å². The van der Waals surface area contributed by atoms with Crippen molar-refractivity contribution < 1.29 is 4.57 Å². The maximum Gasteiger partial charge on any atom is 0.301 e. The first kappa shape index (κ1) is 31.2. The molecule has 0 aliphatic carbocycles. The van der Waals surface area contributed by atoms with Gasteiger partial charge in [-0.25, -0.2) is 0 Å². The molecule has 0 fully saturated rings. The van der Waals surface area contributed by atoms with Gasteiger partial charge >= 0.3 is 7.44 Å².